The third-order valence-corrected chi connectivity index (χ3v) is 15.6. The molecule has 0 bridgehead atoms. The van der Waals surface area contributed by atoms with E-state index < -0.39 is 90.8 Å². The first-order valence-corrected chi connectivity index (χ1v) is 22.7. The van der Waals surface area contributed by atoms with Crippen molar-refractivity contribution in [3.8, 4) is 0 Å². The maximum absolute atomic E-state index is 14.1. The van der Waals surface area contributed by atoms with Crippen LogP contribution in [0.2, 0.25) is 0 Å². The third kappa shape index (κ3) is 8.97. The van der Waals surface area contributed by atoms with Gasteiger partial charge in [-0.1, -0.05) is 76.6 Å². The van der Waals surface area contributed by atoms with Crippen molar-refractivity contribution in [2.45, 2.75) is 166 Å². The highest BCUT2D eigenvalue weighted by Crippen LogP contribution is 2.69. The van der Waals surface area contributed by atoms with E-state index in [9.17, 15) is 39.9 Å². The number of fused-ring (bicyclic) bond motifs is 5. The van der Waals surface area contributed by atoms with Gasteiger partial charge in [-0.15, -0.1) is 0 Å². The highest BCUT2D eigenvalue weighted by molar-refractivity contribution is 5.87. The summed E-state index contributed by atoms with van der Waals surface area (Å²) in [5.74, 6) is -1.77. The molecule has 6 aliphatic rings. The predicted molar refractivity (Wildman–Crippen MR) is 224 cm³/mol. The smallest absolute Gasteiger partial charge is 0.331 e. The number of benzene rings is 1. The number of aliphatic hydroxyl groups excluding tert-OH is 4. The van der Waals surface area contributed by atoms with Gasteiger partial charge < -0.3 is 54.0 Å². The number of esters is 2. The summed E-state index contributed by atoms with van der Waals surface area (Å²) in [6, 6.07) is 9.01. The van der Waals surface area contributed by atoms with Crippen molar-refractivity contribution in [2.75, 3.05) is 13.2 Å². The number of hydrogen-bond acceptors (Lipinski definition) is 14. The van der Waals surface area contributed by atoms with Gasteiger partial charge in [0.1, 0.15) is 35.8 Å². The molecule has 14 heteroatoms. The van der Waals surface area contributed by atoms with E-state index in [-0.39, 0.29) is 41.7 Å². The topological polar surface area (TPSA) is 208 Å². The highest BCUT2D eigenvalue weighted by atomic mass is 16.8. The minimum atomic E-state index is -1.67. The van der Waals surface area contributed by atoms with E-state index in [4.69, 9.17) is 28.4 Å². The zero-order chi connectivity index (χ0) is 44.7. The molecule has 2 heterocycles. The zero-order valence-corrected chi connectivity index (χ0v) is 37.0. The Morgan fingerprint density at radius 2 is 1.56 bits per heavy atom. The lowest BCUT2D eigenvalue weighted by Gasteiger charge is -2.59. The van der Waals surface area contributed by atoms with Crippen molar-refractivity contribution >= 4 is 23.8 Å². The summed E-state index contributed by atoms with van der Waals surface area (Å²) in [4.78, 5) is 40.0. The molecule has 0 amide bonds. The number of ketones is 1. The van der Waals surface area contributed by atoms with Crippen molar-refractivity contribution in [1.29, 1.82) is 0 Å². The van der Waals surface area contributed by atoms with Gasteiger partial charge in [-0.3, -0.25) is 9.59 Å². The Bertz CT molecular complexity index is 1820. The second kappa shape index (κ2) is 18.8. The summed E-state index contributed by atoms with van der Waals surface area (Å²) in [6.07, 6.45) is -2.27. The van der Waals surface area contributed by atoms with Crippen LogP contribution in [0.4, 0.5) is 0 Å². The summed E-state index contributed by atoms with van der Waals surface area (Å²) in [6.45, 7) is 10.8. The number of carbonyl (C=O) groups is 3. The Balaban J connectivity index is 1.17. The molecular formula is C48H68O14. The maximum Gasteiger partial charge on any atom is 0.331 e. The van der Waals surface area contributed by atoms with Crippen LogP contribution in [-0.2, 0) is 42.8 Å². The molecule has 344 valence electrons. The normalized spacial score (nSPS) is 42.3. The SMILES string of the molecule is CC(=O)O[C@H]1[C@H](O[C@H]2C[C@H]3[C@@H]4CC=C5C[C@@H](O)CC[C@]5(C)[C@H]4CC[C@]3(C)[C@@]2(O)[C@H](C)C(=O)CCC(C)C)OC[C@H](O)[C@@H]1O[C@@H]1OC[C@@H](O)[C@H](O)[C@H]1OC(=O)/C=C/c1ccccc1. The molecule has 1 aromatic carbocycles. The molecule has 62 heavy (non-hydrogen) atoms. The van der Waals surface area contributed by atoms with Crippen molar-refractivity contribution in [1.82, 2.24) is 0 Å². The lowest BCUT2D eigenvalue weighted by molar-refractivity contribution is -0.346. The quantitative estimate of drug-likeness (QED) is 0.106. The minimum absolute atomic E-state index is 0.0542. The summed E-state index contributed by atoms with van der Waals surface area (Å²) in [5, 5.41) is 57.0. The number of ether oxygens (including phenoxy) is 6. The standard InChI is InChI=1S/C48H68O14/c1-26(2)12-16-35(51)27(3)48(56)38(23-34-32-15-14-30-22-31(50)18-20-46(30,5)33(32)19-21-47(34,48)6)60-45-43(59-28(4)49)41(37(53)25-58-45)62-44-42(40(55)36(52)24-57-44)61-39(54)17-13-29-10-8-7-9-11-29/h7-11,13-14,17,26-27,31-34,36-38,40-45,50,52-53,55-56H,12,15-16,18-25H2,1-6H3/b17-13+/t27-,31+,32-,33+,34+,36-,37+,38+,40+,41+,42-,43-,44+,45+,46+,47+,48-/m1/s1. The van der Waals surface area contributed by atoms with Crippen LogP contribution in [0.5, 0.6) is 0 Å². The van der Waals surface area contributed by atoms with Crippen molar-refractivity contribution < 1.29 is 68.3 Å². The summed E-state index contributed by atoms with van der Waals surface area (Å²) >= 11 is 0. The number of allylic oxidation sites excluding steroid dienone is 1. The number of rotatable bonds is 13. The van der Waals surface area contributed by atoms with Crippen LogP contribution >= 0.6 is 0 Å². The molecule has 7 rings (SSSR count). The Kier molecular flexibility index (Phi) is 14.2. The van der Waals surface area contributed by atoms with Crippen LogP contribution in [0.1, 0.15) is 105 Å². The molecule has 0 spiro atoms. The molecule has 2 saturated heterocycles. The molecule has 3 saturated carbocycles. The number of hydrogen-bond donors (Lipinski definition) is 5. The van der Waals surface area contributed by atoms with Gasteiger partial charge in [0.05, 0.1) is 25.4 Å². The van der Waals surface area contributed by atoms with Gasteiger partial charge in [0, 0.05) is 30.8 Å². The Labute approximate surface area is 364 Å². The summed E-state index contributed by atoms with van der Waals surface area (Å²) in [7, 11) is 0. The van der Waals surface area contributed by atoms with E-state index in [1.807, 2.05) is 6.07 Å². The second-order valence-corrected chi connectivity index (χ2v) is 19.8. The lowest BCUT2D eigenvalue weighted by Crippen LogP contribution is -2.64. The fourth-order valence-corrected chi connectivity index (χ4v) is 12.1. The van der Waals surface area contributed by atoms with E-state index >= 15 is 0 Å². The van der Waals surface area contributed by atoms with E-state index in [1.165, 1.54) is 18.6 Å². The molecule has 14 nitrogen and oxygen atoms in total. The van der Waals surface area contributed by atoms with Crippen LogP contribution in [-0.4, -0.2) is 123 Å². The van der Waals surface area contributed by atoms with Gasteiger partial charge in [-0.05, 0) is 92.1 Å². The summed E-state index contributed by atoms with van der Waals surface area (Å²) < 4.78 is 36.4. The molecule has 1 aromatic rings. The first kappa shape index (κ1) is 46.9. The van der Waals surface area contributed by atoms with Crippen LogP contribution in [0.25, 0.3) is 6.08 Å². The second-order valence-electron chi connectivity index (χ2n) is 19.8. The third-order valence-electron chi connectivity index (χ3n) is 15.6. The zero-order valence-electron chi connectivity index (χ0n) is 37.0. The molecule has 5 fully saturated rings. The van der Waals surface area contributed by atoms with Gasteiger partial charge >= 0.3 is 11.9 Å². The fraction of sp³-hybridized carbons (Fsp3) is 0.729. The van der Waals surface area contributed by atoms with Gasteiger partial charge in [0.2, 0.25) is 0 Å². The van der Waals surface area contributed by atoms with Gasteiger partial charge in [-0.25, -0.2) is 4.79 Å². The van der Waals surface area contributed by atoms with Crippen LogP contribution in [0.15, 0.2) is 48.1 Å². The monoisotopic (exact) mass is 868 g/mol. The fourth-order valence-electron chi connectivity index (χ4n) is 12.1. The summed E-state index contributed by atoms with van der Waals surface area (Å²) in [5.41, 5.74) is -0.462. The molecule has 4 aliphatic carbocycles. The highest BCUT2D eigenvalue weighted by Gasteiger charge is 2.70. The first-order chi connectivity index (χ1) is 29.4. The average molecular weight is 869 g/mol. The Morgan fingerprint density at radius 1 is 0.871 bits per heavy atom. The molecule has 0 aromatic heterocycles. The number of aliphatic hydroxyl groups is 5. The molecular weight excluding hydrogens is 801 g/mol. The molecule has 0 unspecified atom stereocenters. The van der Waals surface area contributed by atoms with Gasteiger partial charge in [0.15, 0.2) is 24.8 Å². The van der Waals surface area contributed by atoms with E-state index in [0.717, 1.165) is 37.3 Å². The predicted octanol–water partition coefficient (Wildman–Crippen LogP) is 4.42. The van der Waals surface area contributed by atoms with Crippen molar-refractivity contribution in [3.05, 3.63) is 53.6 Å². The van der Waals surface area contributed by atoms with Crippen LogP contribution in [0.3, 0.4) is 0 Å². The molecule has 2 aliphatic heterocycles. The molecule has 0 radical (unpaired) electrons. The first-order valence-electron chi connectivity index (χ1n) is 22.7. The minimum Gasteiger partial charge on any atom is -0.454 e. The maximum atomic E-state index is 14.1. The van der Waals surface area contributed by atoms with Crippen LogP contribution in [0, 0.1) is 40.4 Å². The van der Waals surface area contributed by atoms with Gasteiger partial charge in [-0.2, -0.15) is 0 Å². The largest absolute Gasteiger partial charge is 0.454 e. The van der Waals surface area contributed by atoms with E-state index in [2.05, 4.69) is 33.8 Å². The molecule has 5 N–H and O–H groups in total. The van der Waals surface area contributed by atoms with E-state index in [0.29, 0.717) is 38.0 Å². The molecule has 17 atom stereocenters. The van der Waals surface area contributed by atoms with Crippen LogP contribution < -0.4 is 0 Å². The van der Waals surface area contributed by atoms with Crippen molar-refractivity contribution in [3.63, 3.8) is 0 Å². The average Bonchev–Trinajstić information content (AvgIpc) is 3.47. The lowest BCUT2D eigenvalue weighted by atomic mass is 9.46. The Morgan fingerprint density at radius 3 is 2.26 bits per heavy atom. The number of carbonyl (C=O) groups excluding carboxylic acids is 3. The Hall–Kier alpha value is -3.05. The van der Waals surface area contributed by atoms with Crippen molar-refractivity contribution in [2.24, 2.45) is 40.4 Å². The van der Waals surface area contributed by atoms with E-state index in [1.54, 1.807) is 31.2 Å². The number of Topliss-reactive ketones (excluding diaryl/α,β-unsaturated/α-hetero) is 1. The van der Waals surface area contributed by atoms with Gasteiger partial charge in [0.25, 0.3) is 0 Å².